The van der Waals surface area contributed by atoms with Crippen LogP contribution in [0.3, 0.4) is 0 Å². The fourth-order valence-electron chi connectivity index (χ4n) is 11.2. The number of hydrogen-bond acceptors (Lipinski definition) is 13. The van der Waals surface area contributed by atoms with Gasteiger partial charge in [0.2, 0.25) is 0 Å². The van der Waals surface area contributed by atoms with Crippen molar-refractivity contribution in [3.63, 3.8) is 0 Å². The van der Waals surface area contributed by atoms with Crippen molar-refractivity contribution >= 4 is 130 Å². The van der Waals surface area contributed by atoms with E-state index in [1.165, 1.54) is 0 Å². The van der Waals surface area contributed by atoms with Crippen molar-refractivity contribution < 1.29 is 21.0 Å². The third-order valence-electron chi connectivity index (χ3n) is 14.9. The molecule has 399 valence electrons. The summed E-state index contributed by atoms with van der Waals surface area (Å²) >= 11 is 0.0625. The summed E-state index contributed by atoms with van der Waals surface area (Å²) in [6.07, 6.45) is 0. The van der Waals surface area contributed by atoms with Gasteiger partial charge >= 0.3 is 45.9 Å². The maximum Gasteiger partial charge on any atom is 0.164 e. The Hall–Kier alpha value is -9.64. The number of H-pyrrole nitrogens is 4. The number of benzene rings is 8. The molecule has 0 fully saturated rings. The van der Waals surface area contributed by atoms with Crippen molar-refractivity contribution in [1.29, 1.82) is 0 Å². The third kappa shape index (κ3) is 8.65. The minimum atomic E-state index is 0. The van der Waals surface area contributed by atoms with E-state index >= 15 is 0 Å². The van der Waals surface area contributed by atoms with Crippen molar-refractivity contribution in [2.45, 2.75) is 0 Å². The Morgan fingerprint density at radius 1 is 0.202 bits per heavy atom. The van der Waals surface area contributed by atoms with Gasteiger partial charge in [-0.15, -0.1) is 0 Å². The van der Waals surface area contributed by atoms with Crippen LogP contribution in [0.2, 0.25) is 0 Å². The van der Waals surface area contributed by atoms with Crippen molar-refractivity contribution in [2.24, 2.45) is 0 Å². The van der Waals surface area contributed by atoms with Crippen LogP contribution in [0.4, 0.5) is 0 Å². The predicted octanol–water partition coefficient (Wildman–Crippen LogP) is 11.3. The summed E-state index contributed by atoms with van der Waals surface area (Å²) < 4.78 is 7.19. The van der Waals surface area contributed by atoms with Gasteiger partial charge in [0.1, 0.15) is 45.2 Å². The molecule has 6 aromatic heterocycles. The number of fused-ring (bicyclic) bond motifs is 40. The van der Waals surface area contributed by atoms with E-state index in [4.69, 9.17) is 63.7 Å². The number of nitrogens with zero attached hydrogens (tertiary/aromatic N) is 12. The molecule has 5 N–H and O–H groups in total. The van der Waals surface area contributed by atoms with E-state index in [-0.39, 0.29) is 59.1 Å². The summed E-state index contributed by atoms with van der Waals surface area (Å²) in [4.78, 5) is 73.5. The fraction of sp³-hybridized carbons (Fsp3) is 0. The Kier molecular flexibility index (Phi) is 13.3. The largest absolute Gasteiger partial charge is 0.324 e. The molecule has 4 aliphatic heterocycles. The third-order valence-corrected chi connectivity index (χ3v) is 14.9. The SMILES string of the molecule is [Cu].[MgH2].[OH][GaH2].c1ccc2c(c1)-c1nc-2nc2[nH]c(nc3nc(nc4[nH]c(n1)c1ccccc41)-c1ccccc1-3)c1ccccc21.c1ccc2c(c1)-c1nc-2nc2[nH]c(nc3nc(nc4[nH]c(n1)c1ccccc41)-c1ccccc1-3)c1ccccc21. The van der Waals surface area contributed by atoms with Crippen LogP contribution in [0.15, 0.2) is 194 Å². The smallest absolute Gasteiger partial charge is 0.164 e. The molecule has 17 nitrogen and oxygen atoms in total. The predicted molar refractivity (Wildman–Crippen MR) is 331 cm³/mol. The fourth-order valence-corrected chi connectivity index (χ4v) is 11.2. The van der Waals surface area contributed by atoms with Crippen molar-refractivity contribution in [3.8, 4) is 91.1 Å². The molecule has 0 aliphatic carbocycles. The average Bonchev–Trinajstić information content (AvgIpc) is 4.58. The Balaban J connectivity index is 0.000000142. The maximum atomic E-state index is 7.19. The van der Waals surface area contributed by atoms with Gasteiger partial charge in [0.05, 0.1) is 0 Å². The van der Waals surface area contributed by atoms with E-state index in [0.29, 0.717) is 91.8 Å². The summed E-state index contributed by atoms with van der Waals surface area (Å²) in [5.41, 5.74) is 12.9. The minimum Gasteiger partial charge on any atom is -0.324 e. The number of hydrogen-bond donors (Lipinski definition) is 5. The van der Waals surface area contributed by atoms with Crippen LogP contribution in [-0.2, 0) is 17.1 Å². The van der Waals surface area contributed by atoms with Gasteiger partial charge in [0, 0.05) is 105 Å². The van der Waals surface area contributed by atoms with Gasteiger partial charge in [0.25, 0.3) is 0 Å². The molecule has 16 bridgehead atoms. The number of aromatic amines is 4. The van der Waals surface area contributed by atoms with Gasteiger partial charge < -0.3 is 19.9 Å². The molecule has 14 aromatic rings. The van der Waals surface area contributed by atoms with Crippen molar-refractivity contribution in [3.05, 3.63) is 194 Å². The topological polar surface area (TPSA) is 238 Å². The molecule has 18 rings (SSSR count). The summed E-state index contributed by atoms with van der Waals surface area (Å²) in [5.74, 6) is 4.78. The molecule has 4 aliphatic rings. The van der Waals surface area contributed by atoms with Gasteiger partial charge in [-0.05, 0) is 0 Å². The molecule has 8 aromatic carbocycles. The summed E-state index contributed by atoms with van der Waals surface area (Å²) in [5, 5.41) is 7.64. The van der Waals surface area contributed by atoms with Crippen LogP contribution < -0.4 is 0 Å². The number of nitrogens with one attached hydrogen (secondary N) is 4. The van der Waals surface area contributed by atoms with Crippen LogP contribution in [0.1, 0.15) is 0 Å². The standard InChI is InChI=1S/2C32H18N8.Cu.Ga.Mg.H2O.4H/c2*1-2-10-18-17(9-1)25-33-26(18)38-28-21-13-5-6-14-22(21)30(35-28)40-32-24-16-8-7-15-23(24)31(36-32)39-29-20-12-4-3-11-19(20)27(34-29)37-25;;;;;;;;/h2*1-16H,(H2,33,34,35,36,37,38,39,40);;;;1H2;;;;/q;;;+1;;;;;;/p-1. The molecule has 0 amide bonds. The first-order chi connectivity index (χ1) is 40.6. The van der Waals surface area contributed by atoms with E-state index in [1.54, 1.807) is 0 Å². The molecular weight excluding hydrogens is 1170 g/mol. The second-order valence-electron chi connectivity index (χ2n) is 19.6. The van der Waals surface area contributed by atoms with Crippen LogP contribution in [0, 0.1) is 0 Å². The summed E-state index contributed by atoms with van der Waals surface area (Å²) in [6, 6.07) is 64.5. The molecule has 20 heteroatoms. The first-order valence-electron chi connectivity index (χ1n) is 26.4. The zero-order valence-corrected chi connectivity index (χ0v) is 48.7. The van der Waals surface area contributed by atoms with Gasteiger partial charge in [0.15, 0.2) is 46.6 Å². The zero-order chi connectivity index (χ0) is 54.4. The number of rotatable bonds is 0. The van der Waals surface area contributed by atoms with Gasteiger partial charge in [-0.25, -0.2) is 59.8 Å². The van der Waals surface area contributed by atoms with E-state index in [1.807, 2.05) is 194 Å². The van der Waals surface area contributed by atoms with E-state index < -0.39 is 0 Å². The average molecular weight is 1210 g/mol. The maximum absolute atomic E-state index is 7.19. The van der Waals surface area contributed by atoms with Crippen LogP contribution in [-0.4, -0.2) is 126 Å². The Labute approximate surface area is 512 Å². The zero-order valence-electron chi connectivity index (χ0n) is 43.6. The molecule has 10 heterocycles. The molecule has 1 radical (unpaired) electrons. The van der Waals surface area contributed by atoms with Gasteiger partial charge in [-0.3, -0.25) is 0 Å². The van der Waals surface area contributed by atoms with Crippen molar-refractivity contribution in [2.75, 3.05) is 0 Å². The summed E-state index contributed by atoms with van der Waals surface area (Å²) in [7, 11) is 0. The Bertz CT molecular complexity index is 4420. The van der Waals surface area contributed by atoms with Crippen LogP contribution >= 0.6 is 0 Å². The minimum absolute atomic E-state index is 0. The Morgan fingerprint density at radius 2 is 0.321 bits per heavy atom. The van der Waals surface area contributed by atoms with E-state index in [2.05, 4.69) is 19.9 Å². The molecule has 0 spiro atoms. The summed E-state index contributed by atoms with van der Waals surface area (Å²) in [6.45, 7) is 0. The van der Waals surface area contributed by atoms with Crippen LogP contribution in [0.25, 0.3) is 179 Å². The van der Waals surface area contributed by atoms with E-state index in [9.17, 15) is 0 Å². The molecule has 0 saturated carbocycles. The van der Waals surface area contributed by atoms with Gasteiger partial charge in [-0.1, -0.05) is 194 Å². The molecule has 0 saturated heterocycles. The molecule has 0 atom stereocenters. The number of aromatic nitrogens is 16. The normalized spacial score (nSPS) is 11.5. The molecule has 0 unspecified atom stereocenters. The Morgan fingerprint density at radius 3 is 0.452 bits per heavy atom. The van der Waals surface area contributed by atoms with E-state index in [0.717, 1.165) is 87.6 Å². The van der Waals surface area contributed by atoms with Crippen LogP contribution in [0.5, 0.6) is 0 Å². The quantitative estimate of drug-likeness (QED) is 0.0889. The second-order valence-corrected chi connectivity index (χ2v) is 19.6. The molecule has 84 heavy (non-hydrogen) atoms. The van der Waals surface area contributed by atoms with Crippen molar-refractivity contribution in [1.82, 2.24) is 79.7 Å². The monoisotopic (exact) mass is 1210 g/mol. The second kappa shape index (κ2) is 21.3. The first-order valence-corrected chi connectivity index (χ1v) is 28.3. The first kappa shape index (κ1) is 52.4. The molecular formula is C64H41CuGaMgN16O. The van der Waals surface area contributed by atoms with Gasteiger partial charge in [-0.2, -0.15) is 0 Å².